The molecule has 0 unspecified atom stereocenters. The van der Waals surface area contributed by atoms with Crippen LogP contribution in [-0.4, -0.2) is 9.55 Å². The predicted octanol–water partition coefficient (Wildman–Crippen LogP) is 8.24. The van der Waals surface area contributed by atoms with E-state index in [-0.39, 0.29) is 0 Å². The first-order valence-electron chi connectivity index (χ1n) is 13.1. The molecule has 36 heavy (non-hydrogen) atoms. The summed E-state index contributed by atoms with van der Waals surface area (Å²) in [6.07, 6.45) is 6.58. The maximum absolute atomic E-state index is 5.37. The summed E-state index contributed by atoms with van der Waals surface area (Å²) in [6.45, 7) is 2.24. The van der Waals surface area contributed by atoms with Gasteiger partial charge >= 0.3 is 0 Å². The van der Waals surface area contributed by atoms with Crippen LogP contribution in [0.4, 0.5) is 0 Å². The van der Waals surface area contributed by atoms with Crippen molar-refractivity contribution in [2.75, 3.05) is 0 Å². The molecule has 1 saturated carbocycles. The maximum Gasteiger partial charge on any atom is 0.297 e. The number of fused-ring (bicyclic) bond motifs is 3. The highest BCUT2D eigenvalue weighted by Gasteiger charge is 2.31. The summed E-state index contributed by atoms with van der Waals surface area (Å²) in [6, 6.07) is 28.6. The fourth-order valence-corrected chi connectivity index (χ4v) is 7.31. The topological polar surface area (TPSA) is 21.7 Å². The number of para-hydroxylation sites is 2. The van der Waals surface area contributed by atoms with E-state index < -0.39 is 0 Å². The fourth-order valence-electron chi connectivity index (χ4n) is 6.16. The second-order valence-electron chi connectivity index (χ2n) is 10.2. The van der Waals surface area contributed by atoms with E-state index in [1.807, 2.05) is 11.3 Å². The van der Waals surface area contributed by atoms with Crippen molar-refractivity contribution in [2.24, 2.45) is 7.05 Å². The smallest absolute Gasteiger partial charge is 0.240 e. The van der Waals surface area contributed by atoms with Gasteiger partial charge < -0.3 is 0 Å². The van der Waals surface area contributed by atoms with Gasteiger partial charge in [-0.05, 0) is 55.0 Å². The Morgan fingerprint density at radius 2 is 1.64 bits per heavy atom. The lowest BCUT2D eigenvalue weighted by atomic mass is 9.90. The van der Waals surface area contributed by atoms with Crippen LogP contribution < -0.4 is 4.57 Å². The van der Waals surface area contributed by atoms with Crippen molar-refractivity contribution in [1.82, 2.24) is 9.55 Å². The first kappa shape index (κ1) is 21.8. The quantitative estimate of drug-likeness (QED) is 0.230. The van der Waals surface area contributed by atoms with E-state index in [1.165, 1.54) is 86.3 Å². The third-order valence-electron chi connectivity index (χ3n) is 7.98. The number of rotatable bonds is 3. The number of aryl methyl sites for hydroxylation is 2. The van der Waals surface area contributed by atoms with Crippen LogP contribution in [0.5, 0.6) is 0 Å². The van der Waals surface area contributed by atoms with Gasteiger partial charge in [-0.15, -0.1) is 11.3 Å². The summed E-state index contributed by atoms with van der Waals surface area (Å²) in [7, 11) is 2.20. The predicted molar refractivity (Wildman–Crippen MR) is 151 cm³/mol. The number of hydrogen-bond acceptors (Lipinski definition) is 2. The molecule has 0 saturated heterocycles. The van der Waals surface area contributed by atoms with E-state index in [4.69, 9.17) is 4.98 Å². The molecule has 2 heterocycles. The lowest BCUT2D eigenvalue weighted by Gasteiger charge is -2.18. The minimum Gasteiger partial charge on any atom is -0.240 e. The Balaban J connectivity index is 1.56. The van der Waals surface area contributed by atoms with E-state index in [0.717, 1.165) is 5.52 Å². The molecule has 1 fully saturated rings. The van der Waals surface area contributed by atoms with Gasteiger partial charge in [0.05, 0.1) is 27.8 Å². The average molecular weight is 489 g/mol. The molecular weight excluding hydrogens is 458 g/mol. The zero-order valence-electron chi connectivity index (χ0n) is 20.9. The Labute approximate surface area is 215 Å². The highest BCUT2D eigenvalue weighted by atomic mass is 32.1. The largest absolute Gasteiger partial charge is 0.297 e. The minimum absolute atomic E-state index is 0.613. The van der Waals surface area contributed by atoms with Crippen LogP contribution in [0.2, 0.25) is 0 Å². The zero-order valence-corrected chi connectivity index (χ0v) is 21.7. The van der Waals surface area contributed by atoms with Gasteiger partial charge in [0.25, 0.3) is 5.82 Å². The summed E-state index contributed by atoms with van der Waals surface area (Å²) >= 11 is 1.91. The fraction of sp³-hybridized carbons (Fsp3) is 0.250. The molecule has 0 radical (unpaired) electrons. The van der Waals surface area contributed by atoms with Crippen LogP contribution in [0.25, 0.3) is 49.1 Å². The van der Waals surface area contributed by atoms with Gasteiger partial charge in [0.1, 0.15) is 5.69 Å². The third kappa shape index (κ3) is 3.31. The maximum atomic E-state index is 5.37. The van der Waals surface area contributed by atoms with E-state index >= 15 is 0 Å². The molecule has 1 aliphatic carbocycles. The zero-order chi connectivity index (χ0) is 24.2. The van der Waals surface area contributed by atoms with Gasteiger partial charge in [0, 0.05) is 11.3 Å². The molecule has 3 nitrogen and oxygen atoms in total. The molecule has 7 rings (SSSR count). The summed E-state index contributed by atoms with van der Waals surface area (Å²) in [5.74, 6) is 1.80. The Morgan fingerprint density at radius 1 is 0.861 bits per heavy atom. The molecule has 178 valence electrons. The molecule has 1 aliphatic rings. The summed E-state index contributed by atoms with van der Waals surface area (Å²) in [5.41, 5.74) is 7.31. The van der Waals surface area contributed by atoms with Crippen LogP contribution in [0.15, 0.2) is 78.9 Å². The van der Waals surface area contributed by atoms with Crippen molar-refractivity contribution in [1.29, 1.82) is 0 Å². The molecule has 0 amide bonds. The van der Waals surface area contributed by atoms with Gasteiger partial charge in [-0.25, -0.2) is 9.55 Å². The molecule has 2 aromatic heterocycles. The molecule has 4 heteroatoms. The molecule has 4 aromatic carbocycles. The van der Waals surface area contributed by atoms with E-state index in [1.54, 1.807) is 0 Å². The summed E-state index contributed by atoms with van der Waals surface area (Å²) in [5, 5.41) is 3.84. The lowest BCUT2D eigenvalue weighted by Crippen LogP contribution is -2.30. The van der Waals surface area contributed by atoms with Crippen molar-refractivity contribution in [3.63, 3.8) is 0 Å². The molecule has 0 N–H and O–H groups in total. The number of hydrogen-bond donors (Lipinski definition) is 0. The summed E-state index contributed by atoms with van der Waals surface area (Å²) in [4.78, 5) is 5.37. The van der Waals surface area contributed by atoms with Gasteiger partial charge in [-0.2, -0.15) is 4.57 Å². The monoisotopic (exact) mass is 488 g/mol. The number of aromatic nitrogens is 3. The number of nitrogens with zero attached hydrogens (tertiary/aromatic N) is 3. The van der Waals surface area contributed by atoms with Crippen LogP contribution in [-0.2, 0) is 7.05 Å². The Bertz CT molecular complexity index is 1750. The first-order chi connectivity index (χ1) is 17.7. The lowest BCUT2D eigenvalue weighted by molar-refractivity contribution is -0.633. The van der Waals surface area contributed by atoms with E-state index in [0.29, 0.717) is 5.92 Å². The normalized spacial score (nSPS) is 14.8. The molecule has 0 atom stereocenters. The summed E-state index contributed by atoms with van der Waals surface area (Å²) < 4.78 is 6.11. The number of benzene rings is 4. The van der Waals surface area contributed by atoms with Gasteiger partial charge in [-0.1, -0.05) is 73.9 Å². The minimum atomic E-state index is 0.613. The van der Waals surface area contributed by atoms with E-state index in [2.05, 4.69) is 102 Å². The Hall–Kier alpha value is -3.50. The molecule has 0 bridgehead atoms. The third-order valence-corrected chi connectivity index (χ3v) is 9.17. The van der Waals surface area contributed by atoms with E-state index in [9.17, 15) is 0 Å². The van der Waals surface area contributed by atoms with Crippen molar-refractivity contribution in [2.45, 2.75) is 44.9 Å². The van der Waals surface area contributed by atoms with Crippen molar-refractivity contribution >= 4 is 43.4 Å². The van der Waals surface area contributed by atoms with Gasteiger partial charge in [0.2, 0.25) is 0 Å². The molecular formula is C32H30N3S+. The number of thiazole rings is 1. The van der Waals surface area contributed by atoms with Crippen molar-refractivity contribution < 1.29 is 4.57 Å². The first-order valence-corrected chi connectivity index (χ1v) is 13.9. The molecule has 6 aromatic rings. The second-order valence-corrected chi connectivity index (χ2v) is 11.3. The molecule has 0 spiro atoms. The van der Waals surface area contributed by atoms with Crippen molar-refractivity contribution in [3.8, 4) is 17.1 Å². The van der Waals surface area contributed by atoms with Crippen LogP contribution in [0.3, 0.4) is 0 Å². The van der Waals surface area contributed by atoms with Crippen LogP contribution in [0.1, 0.15) is 48.6 Å². The van der Waals surface area contributed by atoms with Crippen LogP contribution >= 0.6 is 11.3 Å². The average Bonchev–Trinajstić information content (AvgIpc) is 3.48. The Kier molecular flexibility index (Phi) is 5.17. The van der Waals surface area contributed by atoms with Crippen LogP contribution in [0, 0.1) is 6.92 Å². The Morgan fingerprint density at radius 3 is 2.53 bits per heavy atom. The van der Waals surface area contributed by atoms with Gasteiger partial charge in [0.15, 0.2) is 11.0 Å². The van der Waals surface area contributed by atoms with Gasteiger partial charge in [-0.3, -0.25) is 0 Å². The second kappa shape index (κ2) is 8.56. The highest BCUT2D eigenvalue weighted by Crippen LogP contribution is 2.41. The standard InChI is InChI=1S/C32H30N3S/c1-21-19-20-28-30(33-31(36-28)23-12-4-3-5-13-23)29(21)32-34(2)26-16-8-9-17-27(26)35(32)25-18-10-14-22-11-6-7-15-24(22)25/h6-11,14-20,23H,3-5,12-13H2,1-2H3/q+1. The van der Waals surface area contributed by atoms with Crippen molar-refractivity contribution in [3.05, 3.63) is 89.4 Å². The molecule has 0 aliphatic heterocycles. The SMILES string of the molecule is Cc1ccc2sc(C3CCCCC3)nc2c1-c1n(-c2cccc3ccccc23)c2ccccc2[n+]1C. The highest BCUT2D eigenvalue weighted by molar-refractivity contribution is 7.18. The number of imidazole rings is 1.